The van der Waals surface area contributed by atoms with Gasteiger partial charge in [-0.25, -0.2) is 0 Å². The smallest absolute Gasteiger partial charge is 0.252 e. The van der Waals surface area contributed by atoms with Crippen molar-refractivity contribution < 1.29 is 0 Å². The van der Waals surface area contributed by atoms with Crippen molar-refractivity contribution in [1.82, 2.24) is 0 Å². The maximum Gasteiger partial charge on any atom is 0.252 e. The van der Waals surface area contributed by atoms with Crippen molar-refractivity contribution in [3.8, 4) is 0 Å². The summed E-state index contributed by atoms with van der Waals surface area (Å²) < 4.78 is 0. The zero-order valence-corrected chi connectivity index (χ0v) is 32.1. The number of rotatable bonds is 8. The fourth-order valence-corrected chi connectivity index (χ4v) is 11.7. The highest BCUT2D eigenvalue weighted by Gasteiger charge is 2.45. The van der Waals surface area contributed by atoms with Crippen LogP contribution >= 0.6 is 0 Å². The molecule has 4 aliphatic carbocycles. The lowest BCUT2D eigenvalue weighted by molar-refractivity contribution is 0.795. The average Bonchev–Trinajstić information content (AvgIpc) is 4.02. The van der Waals surface area contributed by atoms with Crippen molar-refractivity contribution in [3.05, 3.63) is 122 Å². The molecule has 0 saturated carbocycles. The molecule has 0 atom stereocenters. The third-order valence-corrected chi connectivity index (χ3v) is 14.1. The van der Waals surface area contributed by atoms with Crippen molar-refractivity contribution >= 4 is 57.2 Å². The van der Waals surface area contributed by atoms with Gasteiger partial charge in [-0.3, -0.25) is 0 Å². The Labute approximate surface area is 317 Å². The lowest BCUT2D eigenvalue weighted by Gasteiger charge is -2.45. The lowest BCUT2D eigenvalue weighted by atomic mass is 9.33. The molecule has 0 amide bonds. The minimum absolute atomic E-state index is 0.216. The Kier molecular flexibility index (Phi) is 7.71. The second-order valence-electron chi connectivity index (χ2n) is 17.2. The fraction of sp³-hybridized carbons (Fsp3) is 0.400. The van der Waals surface area contributed by atoms with E-state index in [0.29, 0.717) is 0 Å². The molecule has 2 nitrogen and oxygen atoms in total. The van der Waals surface area contributed by atoms with Gasteiger partial charge in [-0.15, -0.1) is 0 Å². The van der Waals surface area contributed by atoms with Gasteiger partial charge in [0.2, 0.25) is 0 Å². The topological polar surface area (TPSA) is 6.48 Å². The van der Waals surface area contributed by atoms with Gasteiger partial charge in [0.05, 0.1) is 11.4 Å². The van der Waals surface area contributed by atoms with Gasteiger partial charge < -0.3 is 9.80 Å². The third-order valence-electron chi connectivity index (χ3n) is 14.1. The zero-order chi connectivity index (χ0) is 35.2. The van der Waals surface area contributed by atoms with E-state index in [-0.39, 0.29) is 6.71 Å². The number of fused-ring (bicyclic) bond motifs is 8. The number of hydrogen-bond donors (Lipinski definition) is 0. The van der Waals surface area contributed by atoms with E-state index in [9.17, 15) is 0 Å². The van der Waals surface area contributed by atoms with Crippen molar-refractivity contribution in [2.75, 3.05) is 9.80 Å². The highest BCUT2D eigenvalue weighted by molar-refractivity contribution is 7.00. The van der Waals surface area contributed by atoms with Gasteiger partial charge in [0, 0.05) is 22.7 Å². The second kappa shape index (κ2) is 12.7. The number of anilines is 6. The van der Waals surface area contributed by atoms with Gasteiger partial charge in [-0.2, -0.15) is 0 Å². The van der Waals surface area contributed by atoms with E-state index in [2.05, 4.69) is 90.4 Å². The molecule has 0 fully saturated rings. The van der Waals surface area contributed by atoms with Crippen LogP contribution in [0.2, 0.25) is 0 Å². The normalized spacial score (nSPS) is 17.1. The van der Waals surface area contributed by atoms with E-state index in [1.54, 1.807) is 55.9 Å². The molecule has 0 aromatic heterocycles. The van der Waals surface area contributed by atoms with E-state index in [1.165, 1.54) is 153 Å². The van der Waals surface area contributed by atoms with E-state index in [1.807, 2.05) is 0 Å². The molecule has 6 aliphatic rings. The molecule has 3 heteroatoms. The molecule has 2 aliphatic heterocycles. The van der Waals surface area contributed by atoms with Crippen molar-refractivity contribution in [1.29, 1.82) is 0 Å². The van der Waals surface area contributed by atoms with E-state index < -0.39 is 0 Å². The molecule has 53 heavy (non-hydrogen) atoms. The number of unbranched alkanes of at least 4 members (excludes halogenated alkanes) is 2. The highest BCUT2D eigenvalue weighted by atomic mass is 15.2. The summed E-state index contributed by atoms with van der Waals surface area (Å²) in [6, 6.07) is 28.0. The van der Waals surface area contributed by atoms with Crippen LogP contribution in [0.15, 0.2) is 66.7 Å². The van der Waals surface area contributed by atoms with Crippen LogP contribution in [0.3, 0.4) is 0 Å². The van der Waals surface area contributed by atoms with Gasteiger partial charge in [-0.05, 0) is 199 Å². The molecule has 5 aromatic rings. The minimum atomic E-state index is 0.216. The molecule has 0 saturated heterocycles. The van der Waals surface area contributed by atoms with Crippen LogP contribution in [0.5, 0.6) is 0 Å². The predicted octanol–water partition coefficient (Wildman–Crippen LogP) is 10.4. The summed E-state index contributed by atoms with van der Waals surface area (Å²) in [6.07, 6.45) is 22.1. The average molecular weight is 693 g/mol. The Morgan fingerprint density at radius 3 is 1.28 bits per heavy atom. The molecule has 0 radical (unpaired) electrons. The zero-order valence-electron chi connectivity index (χ0n) is 32.1. The Morgan fingerprint density at radius 1 is 0.472 bits per heavy atom. The Balaban J connectivity index is 1.22. The maximum absolute atomic E-state index is 2.83. The van der Waals surface area contributed by atoms with E-state index in [4.69, 9.17) is 0 Å². The van der Waals surface area contributed by atoms with Crippen molar-refractivity contribution in [2.24, 2.45) is 0 Å². The van der Waals surface area contributed by atoms with Gasteiger partial charge in [0.25, 0.3) is 6.71 Å². The summed E-state index contributed by atoms with van der Waals surface area (Å²) >= 11 is 0. The van der Waals surface area contributed by atoms with Crippen LogP contribution in [0.1, 0.15) is 121 Å². The Morgan fingerprint density at radius 2 is 0.887 bits per heavy atom. The highest BCUT2D eigenvalue weighted by Crippen LogP contribution is 2.52. The van der Waals surface area contributed by atoms with Crippen LogP contribution in [-0.4, -0.2) is 6.71 Å². The monoisotopic (exact) mass is 692 g/mol. The van der Waals surface area contributed by atoms with Crippen LogP contribution in [0.4, 0.5) is 34.1 Å². The molecule has 266 valence electrons. The quantitative estimate of drug-likeness (QED) is 0.146. The van der Waals surface area contributed by atoms with Gasteiger partial charge >= 0.3 is 0 Å². The molecule has 11 rings (SSSR count). The van der Waals surface area contributed by atoms with Crippen LogP contribution < -0.4 is 26.2 Å². The first-order chi connectivity index (χ1) is 26.2. The third kappa shape index (κ3) is 4.84. The molecular weight excluding hydrogens is 639 g/mol. The first-order valence-electron chi connectivity index (χ1n) is 21.5. The minimum Gasteiger partial charge on any atom is -0.311 e. The van der Waals surface area contributed by atoms with Gasteiger partial charge in [-0.1, -0.05) is 69.2 Å². The summed E-state index contributed by atoms with van der Waals surface area (Å²) in [7, 11) is 0. The molecule has 0 N–H and O–H groups in total. The van der Waals surface area contributed by atoms with E-state index in [0.717, 1.165) is 12.8 Å². The summed E-state index contributed by atoms with van der Waals surface area (Å²) in [5.41, 5.74) is 29.4. The molecule has 5 aromatic carbocycles. The predicted molar refractivity (Wildman–Crippen MR) is 226 cm³/mol. The van der Waals surface area contributed by atoms with Gasteiger partial charge in [0.1, 0.15) is 0 Å². The van der Waals surface area contributed by atoms with E-state index >= 15 is 0 Å². The van der Waals surface area contributed by atoms with Gasteiger partial charge in [0.15, 0.2) is 0 Å². The molecular formula is C50H53BN2. The summed E-state index contributed by atoms with van der Waals surface area (Å²) in [4.78, 5) is 5.65. The van der Waals surface area contributed by atoms with Crippen molar-refractivity contribution in [3.63, 3.8) is 0 Å². The summed E-state index contributed by atoms with van der Waals surface area (Å²) in [5.74, 6) is 0. The summed E-state index contributed by atoms with van der Waals surface area (Å²) in [6.45, 7) is 4.88. The molecule has 0 unspecified atom stereocenters. The van der Waals surface area contributed by atoms with Crippen molar-refractivity contribution in [2.45, 2.75) is 129 Å². The van der Waals surface area contributed by atoms with Crippen LogP contribution in [0, 0.1) is 0 Å². The second-order valence-corrected chi connectivity index (χ2v) is 17.2. The molecule has 2 heterocycles. The first kappa shape index (κ1) is 32.2. The number of aryl methyl sites for hydroxylation is 6. The maximum atomic E-state index is 2.83. The Bertz CT molecular complexity index is 2090. The molecule has 0 spiro atoms. The largest absolute Gasteiger partial charge is 0.311 e. The molecule has 0 bridgehead atoms. The summed E-state index contributed by atoms with van der Waals surface area (Å²) in [5, 5.41) is 0. The number of nitrogens with zero attached hydrogens (tertiary/aromatic N) is 2. The fourth-order valence-electron chi connectivity index (χ4n) is 11.7. The number of benzene rings is 5. The van der Waals surface area contributed by atoms with Crippen LogP contribution in [-0.2, 0) is 64.2 Å². The number of hydrogen-bond acceptors (Lipinski definition) is 2. The Hall–Kier alpha value is -4.24. The first-order valence-corrected chi connectivity index (χ1v) is 21.5. The van der Waals surface area contributed by atoms with Crippen LogP contribution in [0.25, 0.3) is 0 Å². The SMILES string of the molecule is CCCCc1ccc2c(c1)N(c1c3c(cc4c1CCC4)CCC3)c1cccc3c1B2c1ccc(CCCC)cc1N3c1c2c(cc3c1CCC3)CCC2. The standard InChI is InChI=1S/C50H53BN2/c1-3-5-12-32-24-26-42-46(28-32)52(49-38-18-7-14-34(38)30-35-15-8-19-39(35)49)44-22-11-23-45-48(44)51(42)43-27-25-33(13-6-4-2)29-47(43)53(45)50-40-20-9-16-36(40)31-37-17-10-21-41(37)50/h11,22-31H,3-10,12-21H2,1-2H3. The lowest BCUT2D eigenvalue weighted by Crippen LogP contribution is -2.61.